The van der Waals surface area contributed by atoms with Gasteiger partial charge in [-0.05, 0) is 38.3 Å². The number of rotatable bonds is 3. The Morgan fingerprint density at radius 3 is 1.81 bits per heavy atom. The molecular formula is C17H29NO3. The highest BCUT2D eigenvalue weighted by molar-refractivity contribution is 5.72. The molecule has 0 saturated carbocycles. The number of ether oxygens (including phenoxy) is 1. The summed E-state index contributed by atoms with van der Waals surface area (Å²) in [4.78, 5) is 9.44. The van der Waals surface area contributed by atoms with Crippen molar-refractivity contribution in [3.63, 3.8) is 0 Å². The van der Waals surface area contributed by atoms with Crippen LogP contribution in [0.2, 0.25) is 0 Å². The molecule has 0 unspecified atom stereocenters. The van der Waals surface area contributed by atoms with Gasteiger partial charge in [-0.15, -0.1) is 0 Å². The third-order valence-electron chi connectivity index (χ3n) is 1.69. The van der Waals surface area contributed by atoms with E-state index in [4.69, 9.17) is 15.1 Å². The second-order valence-corrected chi connectivity index (χ2v) is 4.56. The Morgan fingerprint density at radius 2 is 1.67 bits per heavy atom. The van der Waals surface area contributed by atoms with Gasteiger partial charge in [0, 0.05) is 13.5 Å². The highest BCUT2D eigenvalue weighted by Gasteiger charge is 1.86. The minimum atomic E-state index is 0.167. The van der Waals surface area contributed by atoms with E-state index in [1.165, 1.54) is 20.8 Å². The number of ketones is 1. The molecule has 0 aliphatic carbocycles. The number of hydrogen-bond acceptors (Lipinski definition) is 4. The van der Waals surface area contributed by atoms with E-state index in [1.54, 1.807) is 13.2 Å². The normalized spacial score (nSPS) is 7.76. The van der Waals surface area contributed by atoms with Crippen LogP contribution in [-0.4, -0.2) is 24.6 Å². The van der Waals surface area contributed by atoms with Crippen molar-refractivity contribution in [2.24, 2.45) is 5.92 Å². The van der Waals surface area contributed by atoms with Crippen molar-refractivity contribution in [1.82, 2.24) is 0 Å². The summed E-state index contributed by atoms with van der Waals surface area (Å²) < 4.78 is 4.91. The van der Waals surface area contributed by atoms with E-state index in [9.17, 15) is 4.79 Å². The summed E-state index contributed by atoms with van der Waals surface area (Å²) in [6.45, 7) is 9.00. The zero-order valence-corrected chi connectivity index (χ0v) is 14.1. The highest BCUT2D eigenvalue weighted by atomic mass is 16.5. The van der Waals surface area contributed by atoms with Gasteiger partial charge < -0.3 is 14.6 Å². The van der Waals surface area contributed by atoms with Gasteiger partial charge >= 0.3 is 0 Å². The van der Waals surface area contributed by atoms with Gasteiger partial charge in [0.25, 0.3) is 0 Å². The van der Waals surface area contributed by atoms with Gasteiger partial charge in [-0.2, -0.15) is 5.26 Å². The summed E-state index contributed by atoms with van der Waals surface area (Å²) >= 11 is 0. The Balaban J connectivity index is -0.000000223. The van der Waals surface area contributed by atoms with Crippen LogP contribution in [-0.2, 0) is 4.79 Å². The highest BCUT2D eigenvalue weighted by Crippen LogP contribution is 2.05. The molecule has 0 bridgehead atoms. The van der Waals surface area contributed by atoms with Gasteiger partial charge in [-0.3, -0.25) is 0 Å². The molecule has 0 aliphatic heterocycles. The van der Waals surface area contributed by atoms with E-state index in [0.29, 0.717) is 12.5 Å². The smallest absolute Gasteiger partial charge is 0.126 e. The maximum atomic E-state index is 9.44. The first-order chi connectivity index (χ1) is 9.85. The van der Waals surface area contributed by atoms with E-state index < -0.39 is 0 Å². The fraction of sp³-hybridized carbons (Fsp3) is 0.529. The van der Waals surface area contributed by atoms with E-state index >= 15 is 0 Å². The lowest BCUT2D eigenvalue weighted by molar-refractivity contribution is -0.114. The number of methoxy groups -OCH3 is 1. The Labute approximate surface area is 129 Å². The minimum Gasteiger partial charge on any atom is -0.497 e. The number of carbonyl (C=O) groups is 1. The molecule has 0 aromatic heterocycles. The summed E-state index contributed by atoms with van der Waals surface area (Å²) in [7, 11) is 1.66. The van der Waals surface area contributed by atoms with Crippen molar-refractivity contribution < 1.29 is 14.6 Å². The number of carbonyl (C=O) groups excluding carboxylic acids is 1. The van der Waals surface area contributed by atoms with Crippen molar-refractivity contribution in [2.45, 2.75) is 41.0 Å². The van der Waals surface area contributed by atoms with Gasteiger partial charge in [0.2, 0.25) is 0 Å². The SMILES string of the molecule is CC#N.CC(C)=O.CC(C)CCO.COc1ccccc1. The van der Waals surface area contributed by atoms with E-state index in [2.05, 4.69) is 13.8 Å². The van der Waals surface area contributed by atoms with Crippen LogP contribution in [0.4, 0.5) is 0 Å². The third-order valence-corrected chi connectivity index (χ3v) is 1.69. The quantitative estimate of drug-likeness (QED) is 0.919. The largest absolute Gasteiger partial charge is 0.497 e. The lowest BCUT2D eigenvalue weighted by Crippen LogP contribution is -1.89. The zero-order chi connectivity index (χ0) is 17.1. The Bertz CT molecular complexity index is 352. The number of para-hydroxylation sites is 1. The second kappa shape index (κ2) is 20.5. The monoisotopic (exact) mass is 295 g/mol. The third kappa shape index (κ3) is 38.1. The Morgan fingerprint density at radius 1 is 1.29 bits per heavy atom. The number of aliphatic hydroxyl groups excluding tert-OH is 1. The maximum absolute atomic E-state index is 9.44. The predicted octanol–water partition coefficient (Wildman–Crippen LogP) is 3.85. The van der Waals surface area contributed by atoms with E-state index in [-0.39, 0.29) is 5.78 Å². The molecule has 0 fully saturated rings. The molecule has 0 heterocycles. The predicted molar refractivity (Wildman–Crippen MR) is 87.2 cm³/mol. The zero-order valence-electron chi connectivity index (χ0n) is 14.1. The first kappa shape index (κ1) is 24.2. The molecule has 120 valence electrons. The molecule has 0 amide bonds. The Kier molecular flexibility index (Phi) is 23.6. The standard InChI is InChI=1S/C7H8O.C5H12O.C3H6O.C2H3N/c1-8-7-5-3-2-4-6-7;1-5(2)3-4-6;1-3(2)4;1-2-3/h2-6H,1H3;5-6H,3-4H2,1-2H3;1-2H3;1H3. The van der Waals surface area contributed by atoms with Crippen LogP contribution in [0.15, 0.2) is 30.3 Å². The summed E-state index contributed by atoms with van der Waals surface area (Å²) in [5.41, 5.74) is 0. The van der Waals surface area contributed by atoms with Crippen LogP contribution in [0.1, 0.15) is 41.0 Å². The van der Waals surface area contributed by atoms with Gasteiger partial charge in [0.1, 0.15) is 11.5 Å². The first-order valence-electron chi connectivity index (χ1n) is 6.83. The van der Waals surface area contributed by atoms with Crippen LogP contribution in [0, 0.1) is 17.2 Å². The molecule has 0 spiro atoms. The van der Waals surface area contributed by atoms with E-state index in [1.807, 2.05) is 30.3 Å². The molecule has 1 aromatic carbocycles. The lowest BCUT2D eigenvalue weighted by atomic mass is 10.2. The number of nitriles is 1. The molecule has 4 nitrogen and oxygen atoms in total. The molecule has 0 aliphatic rings. The average Bonchev–Trinajstić information content (AvgIpc) is 2.40. The van der Waals surface area contributed by atoms with Gasteiger partial charge in [-0.1, -0.05) is 32.0 Å². The topological polar surface area (TPSA) is 70.3 Å². The van der Waals surface area contributed by atoms with Crippen molar-refractivity contribution in [3.8, 4) is 11.8 Å². The number of nitrogens with zero attached hydrogens (tertiary/aromatic N) is 1. The van der Waals surface area contributed by atoms with Crippen molar-refractivity contribution in [3.05, 3.63) is 30.3 Å². The summed E-state index contributed by atoms with van der Waals surface area (Å²) in [6, 6.07) is 11.4. The maximum Gasteiger partial charge on any atom is 0.126 e. The Hall–Kier alpha value is -1.86. The van der Waals surface area contributed by atoms with Crippen LogP contribution in [0.3, 0.4) is 0 Å². The molecule has 0 atom stereocenters. The van der Waals surface area contributed by atoms with Crippen LogP contribution in [0.5, 0.6) is 5.75 Å². The fourth-order valence-corrected chi connectivity index (χ4v) is 0.815. The van der Waals surface area contributed by atoms with Crippen LogP contribution < -0.4 is 4.74 Å². The average molecular weight is 295 g/mol. The molecule has 1 rings (SSSR count). The first-order valence-corrected chi connectivity index (χ1v) is 6.83. The number of aliphatic hydroxyl groups is 1. The van der Waals surface area contributed by atoms with Gasteiger partial charge in [0.15, 0.2) is 0 Å². The molecule has 4 heteroatoms. The molecule has 21 heavy (non-hydrogen) atoms. The summed E-state index contributed by atoms with van der Waals surface area (Å²) in [5, 5.41) is 15.6. The van der Waals surface area contributed by atoms with Gasteiger partial charge in [-0.25, -0.2) is 0 Å². The van der Waals surface area contributed by atoms with Crippen molar-refractivity contribution in [1.29, 1.82) is 5.26 Å². The van der Waals surface area contributed by atoms with E-state index in [0.717, 1.165) is 12.2 Å². The summed E-state index contributed by atoms with van der Waals surface area (Å²) in [5.74, 6) is 1.72. The molecular weight excluding hydrogens is 266 g/mol. The molecule has 1 N–H and O–H groups in total. The minimum absolute atomic E-state index is 0.167. The summed E-state index contributed by atoms with van der Waals surface area (Å²) in [6.07, 6.45) is 0.931. The second-order valence-electron chi connectivity index (χ2n) is 4.56. The van der Waals surface area contributed by atoms with Crippen molar-refractivity contribution >= 4 is 5.78 Å². The number of benzene rings is 1. The lowest BCUT2D eigenvalue weighted by Gasteiger charge is -1.95. The molecule has 0 radical (unpaired) electrons. The number of hydrogen-bond donors (Lipinski definition) is 1. The van der Waals surface area contributed by atoms with Crippen LogP contribution in [0.25, 0.3) is 0 Å². The van der Waals surface area contributed by atoms with Crippen LogP contribution >= 0.6 is 0 Å². The van der Waals surface area contributed by atoms with Crippen molar-refractivity contribution in [2.75, 3.05) is 13.7 Å². The fourth-order valence-electron chi connectivity index (χ4n) is 0.815. The van der Waals surface area contributed by atoms with Gasteiger partial charge in [0.05, 0.1) is 13.2 Å². The number of Topliss-reactive ketones (excluding diaryl/α,β-unsaturated/α-hetero) is 1. The molecule has 1 aromatic rings. The molecule has 0 saturated heterocycles.